The van der Waals surface area contributed by atoms with Gasteiger partial charge in [0.15, 0.2) is 0 Å². The summed E-state index contributed by atoms with van der Waals surface area (Å²) in [7, 11) is 0. The average Bonchev–Trinajstić information content (AvgIpc) is 3.06. The Labute approximate surface area is 156 Å². The molecule has 144 valence electrons. The molecule has 2 aliphatic rings. The Hall–Kier alpha value is -1.63. The average molecular weight is 361 g/mol. The molecule has 3 rings (SSSR count). The van der Waals surface area contributed by atoms with Gasteiger partial charge in [-0.3, -0.25) is 10.2 Å². The zero-order chi connectivity index (χ0) is 18.5. The first-order chi connectivity index (χ1) is 12.6. The Morgan fingerprint density at radius 1 is 1.31 bits per heavy atom. The standard InChI is InChI=1S/C20H32N4O2/c1-4-26-18-8-6-5-7-14(18)17(11-13(2)3)22-20(25)19-15-12-21-10-9-16(15)23-24-19/h5-8,13,15-17,19,21,23-24H,4,9-12H2,1-3H3,(H,22,25). The molecule has 0 bridgehead atoms. The van der Waals surface area contributed by atoms with Gasteiger partial charge in [-0.1, -0.05) is 32.0 Å². The van der Waals surface area contributed by atoms with Gasteiger partial charge in [0, 0.05) is 24.1 Å². The molecule has 4 N–H and O–H groups in total. The van der Waals surface area contributed by atoms with E-state index in [1.165, 1.54) is 0 Å². The molecule has 26 heavy (non-hydrogen) atoms. The fourth-order valence-electron chi connectivity index (χ4n) is 4.03. The lowest BCUT2D eigenvalue weighted by Crippen LogP contribution is -2.50. The van der Waals surface area contributed by atoms with Gasteiger partial charge in [-0.05, 0) is 38.3 Å². The molecule has 1 aromatic rings. The third-order valence-electron chi connectivity index (χ3n) is 5.28. The molecule has 6 heteroatoms. The number of ether oxygens (including phenoxy) is 1. The Kier molecular flexibility index (Phi) is 6.51. The van der Waals surface area contributed by atoms with Crippen LogP contribution in [0.1, 0.15) is 45.2 Å². The van der Waals surface area contributed by atoms with Gasteiger partial charge in [-0.25, -0.2) is 5.43 Å². The van der Waals surface area contributed by atoms with E-state index in [4.69, 9.17) is 4.74 Å². The van der Waals surface area contributed by atoms with Crippen molar-refractivity contribution in [1.82, 2.24) is 21.5 Å². The van der Waals surface area contributed by atoms with Crippen molar-refractivity contribution < 1.29 is 9.53 Å². The van der Waals surface area contributed by atoms with Crippen LogP contribution in [-0.4, -0.2) is 37.7 Å². The van der Waals surface area contributed by atoms with Crippen LogP contribution in [0, 0.1) is 11.8 Å². The third kappa shape index (κ3) is 4.37. The molecule has 1 aromatic carbocycles. The van der Waals surface area contributed by atoms with Crippen LogP contribution in [0.3, 0.4) is 0 Å². The maximum Gasteiger partial charge on any atom is 0.239 e. The Bertz CT molecular complexity index is 607. The molecule has 2 aliphatic heterocycles. The first kappa shape index (κ1) is 19.1. The van der Waals surface area contributed by atoms with E-state index in [-0.39, 0.29) is 23.9 Å². The summed E-state index contributed by atoms with van der Waals surface area (Å²) in [4.78, 5) is 13.1. The second-order valence-electron chi connectivity index (χ2n) is 7.69. The number of benzene rings is 1. The number of carbonyl (C=O) groups is 1. The number of nitrogens with one attached hydrogen (secondary N) is 4. The maximum absolute atomic E-state index is 13.1. The fourth-order valence-corrected chi connectivity index (χ4v) is 4.03. The van der Waals surface area contributed by atoms with Gasteiger partial charge in [-0.2, -0.15) is 0 Å². The highest BCUT2D eigenvalue weighted by atomic mass is 16.5. The normalized spacial score (nSPS) is 26.4. The van der Waals surface area contributed by atoms with Crippen molar-refractivity contribution in [1.29, 1.82) is 0 Å². The molecule has 2 heterocycles. The molecule has 4 atom stereocenters. The molecule has 6 nitrogen and oxygen atoms in total. The number of para-hydroxylation sites is 1. The molecular formula is C20H32N4O2. The van der Waals surface area contributed by atoms with Crippen LogP contribution in [0.25, 0.3) is 0 Å². The van der Waals surface area contributed by atoms with E-state index in [0.717, 1.165) is 37.2 Å². The van der Waals surface area contributed by atoms with Crippen LogP contribution < -0.4 is 26.2 Å². The van der Waals surface area contributed by atoms with Crippen molar-refractivity contribution in [3.05, 3.63) is 29.8 Å². The van der Waals surface area contributed by atoms with Crippen molar-refractivity contribution in [2.75, 3.05) is 19.7 Å². The zero-order valence-corrected chi connectivity index (χ0v) is 16.0. The van der Waals surface area contributed by atoms with E-state index in [1.807, 2.05) is 25.1 Å². The number of hydrazine groups is 1. The van der Waals surface area contributed by atoms with E-state index in [1.54, 1.807) is 0 Å². The Morgan fingerprint density at radius 2 is 2.12 bits per heavy atom. The van der Waals surface area contributed by atoms with Gasteiger partial charge in [0.1, 0.15) is 11.8 Å². The molecule has 0 saturated carbocycles. The van der Waals surface area contributed by atoms with Crippen LogP contribution in [-0.2, 0) is 4.79 Å². The number of hydrogen-bond donors (Lipinski definition) is 4. The minimum absolute atomic E-state index is 0.0531. The number of amides is 1. The number of piperidine rings is 1. The summed E-state index contributed by atoms with van der Waals surface area (Å²) in [6.07, 6.45) is 1.92. The Balaban J connectivity index is 1.75. The lowest BCUT2D eigenvalue weighted by Gasteiger charge is -2.29. The van der Waals surface area contributed by atoms with Gasteiger partial charge < -0.3 is 15.4 Å². The number of rotatable bonds is 7. The van der Waals surface area contributed by atoms with Crippen molar-refractivity contribution in [2.45, 2.75) is 51.7 Å². The fraction of sp³-hybridized carbons (Fsp3) is 0.650. The van der Waals surface area contributed by atoms with Crippen molar-refractivity contribution in [3.8, 4) is 5.75 Å². The lowest BCUT2D eigenvalue weighted by molar-refractivity contribution is -0.124. The molecule has 4 unspecified atom stereocenters. The van der Waals surface area contributed by atoms with E-state index in [2.05, 4.69) is 41.4 Å². The molecule has 0 radical (unpaired) electrons. The first-order valence-corrected chi connectivity index (χ1v) is 9.84. The molecule has 2 fully saturated rings. The summed E-state index contributed by atoms with van der Waals surface area (Å²) < 4.78 is 5.80. The van der Waals surface area contributed by atoms with Crippen LogP contribution in [0.2, 0.25) is 0 Å². The number of carbonyl (C=O) groups excluding carboxylic acids is 1. The summed E-state index contributed by atoms with van der Waals surface area (Å²) in [6, 6.07) is 8.13. The second-order valence-corrected chi connectivity index (χ2v) is 7.69. The minimum atomic E-state index is -0.207. The van der Waals surface area contributed by atoms with Crippen LogP contribution in [0.5, 0.6) is 5.75 Å². The van der Waals surface area contributed by atoms with E-state index in [0.29, 0.717) is 18.6 Å². The highest BCUT2D eigenvalue weighted by Crippen LogP contribution is 2.30. The van der Waals surface area contributed by atoms with Gasteiger partial charge in [-0.15, -0.1) is 0 Å². The molecule has 2 saturated heterocycles. The summed E-state index contributed by atoms with van der Waals surface area (Å²) in [5, 5.41) is 6.69. The predicted molar refractivity (Wildman–Crippen MR) is 103 cm³/mol. The predicted octanol–water partition coefficient (Wildman–Crippen LogP) is 1.74. The zero-order valence-electron chi connectivity index (χ0n) is 16.0. The summed E-state index contributed by atoms with van der Waals surface area (Å²) >= 11 is 0. The largest absolute Gasteiger partial charge is 0.494 e. The van der Waals surface area contributed by atoms with Crippen LogP contribution in [0.15, 0.2) is 24.3 Å². The van der Waals surface area contributed by atoms with Gasteiger partial charge >= 0.3 is 0 Å². The van der Waals surface area contributed by atoms with E-state index < -0.39 is 0 Å². The van der Waals surface area contributed by atoms with Gasteiger partial charge in [0.25, 0.3) is 0 Å². The van der Waals surface area contributed by atoms with Crippen LogP contribution in [0.4, 0.5) is 0 Å². The van der Waals surface area contributed by atoms with Crippen LogP contribution >= 0.6 is 0 Å². The molecule has 0 aliphatic carbocycles. The number of fused-ring (bicyclic) bond motifs is 1. The van der Waals surface area contributed by atoms with Crippen molar-refractivity contribution >= 4 is 5.91 Å². The third-order valence-corrected chi connectivity index (χ3v) is 5.28. The van der Waals surface area contributed by atoms with Crippen molar-refractivity contribution in [3.63, 3.8) is 0 Å². The lowest BCUT2D eigenvalue weighted by atomic mass is 9.88. The summed E-state index contributed by atoms with van der Waals surface area (Å²) in [5.41, 5.74) is 7.57. The Morgan fingerprint density at radius 3 is 2.88 bits per heavy atom. The van der Waals surface area contributed by atoms with Crippen molar-refractivity contribution in [2.24, 2.45) is 11.8 Å². The summed E-state index contributed by atoms with van der Waals surface area (Å²) in [5.74, 6) is 1.67. The highest BCUT2D eigenvalue weighted by molar-refractivity contribution is 5.83. The quantitative estimate of drug-likeness (QED) is 0.596. The number of hydrogen-bond acceptors (Lipinski definition) is 5. The smallest absolute Gasteiger partial charge is 0.239 e. The van der Waals surface area contributed by atoms with Gasteiger partial charge in [0.2, 0.25) is 5.91 Å². The first-order valence-electron chi connectivity index (χ1n) is 9.84. The molecule has 0 spiro atoms. The van der Waals surface area contributed by atoms with E-state index in [9.17, 15) is 4.79 Å². The van der Waals surface area contributed by atoms with Gasteiger partial charge in [0.05, 0.1) is 12.6 Å². The molecule has 1 amide bonds. The molecule has 0 aromatic heterocycles. The molecular weight excluding hydrogens is 328 g/mol. The summed E-state index contributed by atoms with van der Waals surface area (Å²) in [6.45, 7) is 8.83. The minimum Gasteiger partial charge on any atom is -0.494 e. The monoisotopic (exact) mass is 360 g/mol. The van der Waals surface area contributed by atoms with E-state index >= 15 is 0 Å². The highest BCUT2D eigenvalue weighted by Gasteiger charge is 2.41. The second kappa shape index (κ2) is 8.84. The SMILES string of the molecule is CCOc1ccccc1C(CC(C)C)NC(=O)C1NNC2CCNCC21. The topological polar surface area (TPSA) is 74.4 Å². The maximum atomic E-state index is 13.1.